The number of fused-ring (bicyclic) bond motifs is 1. The Morgan fingerprint density at radius 3 is 2.66 bits per heavy atom. The molecule has 0 bridgehead atoms. The molecule has 0 aliphatic rings. The molecular weight excluding hydrogens is 545 g/mol. The Labute approximate surface area is 233 Å². The van der Waals surface area contributed by atoms with Gasteiger partial charge in [0.25, 0.3) is 11.8 Å². The Balaban J connectivity index is 1.54. The summed E-state index contributed by atoms with van der Waals surface area (Å²) in [5.74, 6) is 0.127. The van der Waals surface area contributed by atoms with E-state index < -0.39 is 17.5 Å². The summed E-state index contributed by atoms with van der Waals surface area (Å²) in [7, 11) is 0. The molecule has 220 valence electrons. The molecule has 4 aromatic rings. The van der Waals surface area contributed by atoms with Crippen molar-refractivity contribution in [2.24, 2.45) is 0 Å². The molecule has 3 aromatic heterocycles. The van der Waals surface area contributed by atoms with Crippen molar-refractivity contribution in [2.45, 2.75) is 45.5 Å². The zero-order valence-electron chi connectivity index (χ0n) is 22.8. The number of benzene rings is 1. The van der Waals surface area contributed by atoms with Crippen LogP contribution in [0, 0.1) is 0 Å². The molecule has 3 heterocycles. The van der Waals surface area contributed by atoms with Gasteiger partial charge in [-0.2, -0.15) is 18.3 Å². The van der Waals surface area contributed by atoms with E-state index in [-0.39, 0.29) is 61.6 Å². The summed E-state index contributed by atoms with van der Waals surface area (Å²) in [6, 6.07) is 4.90. The number of aliphatic hydroxyl groups excluding tert-OH is 1. The molecule has 0 atom stereocenters. The predicted octanol–water partition coefficient (Wildman–Crippen LogP) is 3.48. The van der Waals surface area contributed by atoms with E-state index in [0.717, 1.165) is 4.68 Å². The van der Waals surface area contributed by atoms with E-state index in [2.05, 4.69) is 20.4 Å². The quantitative estimate of drug-likeness (QED) is 0.218. The fourth-order valence-electron chi connectivity index (χ4n) is 4.11. The van der Waals surface area contributed by atoms with E-state index in [1.807, 2.05) is 6.92 Å². The largest absolute Gasteiger partial charge is 0.436 e. The summed E-state index contributed by atoms with van der Waals surface area (Å²) in [6.45, 7) is 5.32. The van der Waals surface area contributed by atoms with E-state index in [9.17, 15) is 23.1 Å². The number of halogens is 3. The van der Waals surface area contributed by atoms with Crippen molar-refractivity contribution in [2.75, 3.05) is 26.4 Å². The van der Waals surface area contributed by atoms with E-state index >= 15 is 0 Å². The summed E-state index contributed by atoms with van der Waals surface area (Å²) < 4.78 is 54.9. The van der Waals surface area contributed by atoms with Gasteiger partial charge in [0.2, 0.25) is 5.65 Å². The molecule has 0 fully saturated rings. The van der Waals surface area contributed by atoms with E-state index in [4.69, 9.17) is 14.6 Å². The summed E-state index contributed by atoms with van der Waals surface area (Å²) in [5.41, 5.74) is -0.798. The molecule has 0 aliphatic heterocycles. The second kappa shape index (κ2) is 12.2. The SMILES string of the molecule is CCc1cc(Oc2nccn3c(-c4cn(CCO)nc4C(F)(F)F)cnc23)ccc1C(=O)NCCOCC(C)(C)O. The maximum atomic E-state index is 13.7. The minimum absolute atomic E-state index is 0.0540. The van der Waals surface area contributed by atoms with Gasteiger partial charge in [0.15, 0.2) is 5.69 Å². The van der Waals surface area contributed by atoms with E-state index in [1.54, 1.807) is 32.0 Å². The fourth-order valence-corrected chi connectivity index (χ4v) is 4.11. The third kappa shape index (κ3) is 7.20. The predicted molar refractivity (Wildman–Crippen MR) is 142 cm³/mol. The highest BCUT2D eigenvalue weighted by atomic mass is 19.4. The Bertz CT molecular complexity index is 1510. The molecule has 0 spiro atoms. The van der Waals surface area contributed by atoms with Crippen LogP contribution < -0.4 is 10.1 Å². The van der Waals surface area contributed by atoms with Crippen LogP contribution in [0.3, 0.4) is 0 Å². The molecule has 0 aliphatic carbocycles. The van der Waals surface area contributed by atoms with E-state index in [1.165, 1.54) is 29.2 Å². The number of carbonyl (C=O) groups excluding carboxylic acids is 1. The number of alkyl halides is 3. The molecule has 11 nitrogen and oxygen atoms in total. The van der Waals surface area contributed by atoms with Gasteiger partial charge in [-0.15, -0.1) is 0 Å². The van der Waals surface area contributed by atoms with Crippen LogP contribution in [-0.2, 0) is 23.9 Å². The standard InChI is InChI=1S/C27H31F3N6O5/c1-4-17-13-18(5-6-19(17)24(38)31-8-12-40-16-26(2,3)39)41-25-23-33-14-21(36(23)9-7-32-25)20-15-35(10-11-37)34-22(20)27(28,29)30/h5-7,9,13-15,37,39H,4,8,10-12,16H2,1-3H3,(H,31,38). The molecule has 0 saturated heterocycles. The summed E-state index contributed by atoms with van der Waals surface area (Å²) in [6.07, 6.45) is 1.13. The van der Waals surface area contributed by atoms with Crippen molar-refractivity contribution in [3.8, 4) is 22.9 Å². The summed E-state index contributed by atoms with van der Waals surface area (Å²) in [5, 5.41) is 25.2. The number of aliphatic hydroxyl groups is 2. The average Bonchev–Trinajstić information content (AvgIpc) is 3.53. The molecule has 1 amide bonds. The van der Waals surface area contributed by atoms with Crippen LogP contribution in [0.4, 0.5) is 13.2 Å². The van der Waals surface area contributed by atoms with Crippen LogP contribution in [0.5, 0.6) is 11.6 Å². The molecule has 0 radical (unpaired) electrons. The van der Waals surface area contributed by atoms with Crippen LogP contribution in [0.1, 0.15) is 42.4 Å². The molecule has 14 heteroatoms. The van der Waals surface area contributed by atoms with Crippen molar-refractivity contribution in [1.82, 2.24) is 29.5 Å². The minimum Gasteiger partial charge on any atom is -0.436 e. The lowest BCUT2D eigenvalue weighted by Crippen LogP contribution is -2.31. The van der Waals surface area contributed by atoms with Crippen molar-refractivity contribution in [3.63, 3.8) is 0 Å². The van der Waals surface area contributed by atoms with Crippen LogP contribution >= 0.6 is 0 Å². The smallest absolute Gasteiger partial charge is 0.435 e. The second-order valence-electron chi connectivity index (χ2n) is 9.84. The monoisotopic (exact) mass is 576 g/mol. The average molecular weight is 577 g/mol. The normalized spacial score (nSPS) is 12.2. The highest BCUT2D eigenvalue weighted by Crippen LogP contribution is 2.37. The zero-order chi connectivity index (χ0) is 29.8. The minimum atomic E-state index is -4.72. The van der Waals surface area contributed by atoms with Gasteiger partial charge in [0.05, 0.1) is 49.4 Å². The lowest BCUT2D eigenvalue weighted by atomic mass is 10.0. The van der Waals surface area contributed by atoms with Gasteiger partial charge >= 0.3 is 6.18 Å². The summed E-state index contributed by atoms with van der Waals surface area (Å²) >= 11 is 0. The third-order valence-electron chi connectivity index (χ3n) is 5.93. The Morgan fingerprint density at radius 1 is 1.20 bits per heavy atom. The highest BCUT2D eigenvalue weighted by molar-refractivity contribution is 5.95. The number of amides is 1. The van der Waals surface area contributed by atoms with Gasteiger partial charge in [-0.3, -0.25) is 13.9 Å². The topological polar surface area (TPSA) is 136 Å². The lowest BCUT2D eigenvalue weighted by molar-refractivity contribution is -0.141. The Morgan fingerprint density at radius 2 is 1.98 bits per heavy atom. The molecule has 0 unspecified atom stereocenters. The van der Waals surface area contributed by atoms with Crippen molar-refractivity contribution in [3.05, 3.63) is 59.8 Å². The first kappa shape index (κ1) is 30.0. The van der Waals surface area contributed by atoms with Crippen LogP contribution in [-0.4, -0.2) is 72.2 Å². The van der Waals surface area contributed by atoms with E-state index in [0.29, 0.717) is 23.3 Å². The van der Waals surface area contributed by atoms with Crippen LogP contribution in [0.25, 0.3) is 16.9 Å². The lowest BCUT2D eigenvalue weighted by Gasteiger charge is -2.17. The maximum Gasteiger partial charge on any atom is 0.435 e. The van der Waals surface area contributed by atoms with Gasteiger partial charge in [0.1, 0.15) is 5.75 Å². The van der Waals surface area contributed by atoms with Crippen molar-refractivity contribution < 1.29 is 37.7 Å². The van der Waals surface area contributed by atoms with Gasteiger partial charge in [0, 0.05) is 30.7 Å². The second-order valence-corrected chi connectivity index (χ2v) is 9.84. The van der Waals surface area contributed by atoms with Crippen molar-refractivity contribution in [1.29, 1.82) is 0 Å². The first-order valence-corrected chi connectivity index (χ1v) is 12.9. The number of carbonyl (C=O) groups is 1. The highest BCUT2D eigenvalue weighted by Gasteiger charge is 2.38. The van der Waals surface area contributed by atoms with Gasteiger partial charge in [-0.1, -0.05) is 6.92 Å². The fraction of sp³-hybridized carbons (Fsp3) is 0.407. The molecule has 4 rings (SSSR count). The first-order chi connectivity index (χ1) is 19.4. The number of aryl methyl sites for hydroxylation is 1. The third-order valence-corrected chi connectivity index (χ3v) is 5.93. The molecule has 41 heavy (non-hydrogen) atoms. The Kier molecular flexibility index (Phi) is 8.95. The van der Waals surface area contributed by atoms with Gasteiger partial charge in [-0.25, -0.2) is 9.97 Å². The summed E-state index contributed by atoms with van der Waals surface area (Å²) in [4.78, 5) is 21.2. The maximum absolute atomic E-state index is 13.7. The number of imidazole rings is 1. The molecule has 1 aromatic carbocycles. The number of aromatic nitrogens is 5. The molecular formula is C27H31F3N6O5. The zero-order valence-corrected chi connectivity index (χ0v) is 22.8. The number of hydrogen-bond acceptors (Lipinski definition) is 8. The van der Waals surface area contributed by atoms with Crippen LogP contribution in [0.15, 0.2) is 43.0 Å². The number of rotatable bonds is 12. The molecule has 0 saturated carbocycles. The number of ether oxygens (including phenoxy) is 2. The number of hydrogen-bond donors (Lipinski definition) is 3. The van der Waals surface area contributed by atoms with Crippen molar-refractivity contribution >= 4 is 11.6 Å². The van der Waals surface area contributed by atoms with Gasteiger partial charge in [-0.05, 0) is 44.0 Å². The number of nitrogens with one attached hydrogen (secondary N) is 1. The molecule has 3 N–H and O–H groups in total. The number of nitrogens with zero attached hydrogens (tertiary/aromatic N) is 5. The van der Waals surface area contributed by atoms with Gasteiger partial charge < -0.3 is 25.0 Å². The van der Waals surface area contributed by atoms with Crippen LogP contribution in [0.2, 0.25) is 0 Å². The first-order valence-electron chi connectivity index (χ1n) is 12.9. The Hall–Kier alpha value is -4.01.